The number of benzene rings is 18. The molecule has 28 aromatic carbocycles. The number of ether oxygens (including phenoxy) is 1. The van der Waals surface area contributed by atoms with Crippen LogP contribution in [-0.2, 0) is 29.1 Å². The van der Waals surface area contributed by atoms with Gasteiger partial charge in [-0.15, -0.1) is 0 Å². The van der Waals surface area contributed by atoms with Crippen LogP contribution in [0.5, 0.6) is 0 Å². The van der Waals surface area contributed by atoms with E-state index < -0.39 is 19.9 Å². The number of amides is 1. The molecule has 0 unspecified atom stereocenters. The van der Waals surface area contributed by atoms with Gasteiger partial charge < -0.3 is 18.0 Å². The van der Waals surface area contributed by atoms with Gasteiger partial charge in [0, 0.05) is 48.1 Å². The fraction of sp³-hybridized carbons (Fsp3) is 0.157. The lowest BCUT2D eigenvalue weighted by Gasteiger charge is -2.29. The summed E-state index contributed by atoms with van der Waals surface area (Å²) in [5.41, 5.74) is 4.35. The highest BCUT2D eigenvalue weighted by Crippen LogP contribution is 2.90. The van der Waals surface area contributed by atoms with Gasteiger partial charge in [0.1, 0.15) is 11.1 Å². The summed E-state index contributed by atoms with van der Waals surface area (Å²) in [7, 11) is -2.97. The Morgan fingerprint density at radius 3 is 0.636 bits per heavy atom. The summed E-state index contributed by atoms with van der Waals surface area (Å²) >= 11 is 0. The van der Waals surface area contributed by atoms with Crippen LogP contribution in [0.1, 0.15) is 49.4 Å². The van der Waals surface area contributed by atoms with Gasteiger partial charge in [-0.3, -0.25) is 4.90 Å². The molecule has 0 saturated carbocycles. The predicted octanol–water partition coefficient (Wildman–Crippen LogP) is 18.1. The molecule has 5 aliphatic rings. The summed E-state index contributed by atoms with van der Waals surface area (Å²) in [5.74, 6) is 0. The molecule has 28 aromatic rings. The average Bonchev–Trinajstić information content (AvgIpc) is 1.50. The van der Waals surface area contributed by atoms with Crippen LogP contribution in [0, 0.1) is 0 Å². The normalized spacial score (nSPS) is 21.5. The van der Waals surface area contributed by atoms with E-state index in [1.54, 1.807) is 205 Å². The number of nitrogens with zero attached hydrogens (tertiary/aromatic N) is 1. The first-order chi connectivity index (χ1) is 38.2. The van der Waals surface area contributed by atoms with Crippen LogP contribution >= 0.6 is 0 Å². The average molecular weight is 984 g/mol. The van der Waals surface area contributed by atoms with Gasteiger partial charge in [-0.2, -0.15) is 0 Å². The highest BCUT2D eigenvalue weighted by atomic mass is 28.4. The standard InChI is InChI=1S/C70H21NO5Si/c1-4-74-77(75-5-2,76-6-3)9-7-8-73-68(72)71-69-64-56-48-38-28-20-12-10-11-14-18-16(12)24-32-26(18)36-30-22(14)23-15(11)19-17-13(10)21(20)29-35-25(17)33-27(19)37-31(23)41-40(30)50-44(36)54-46(32)52(42(48)34(24)28)60(64)62(54)66-58(50)59-51(41)45(37)55-47(33)53-43(35)49(39(29)38)57(56)65(69)61(53)63(55)67(59)70(66,69)71/h4-9H2,1-3H3. The van der Waals surface area contributed by atoms with Crippen molar-refractivity contribution < 1.29 is 22.8 Å². The van der Waals surface area contributed by atoms with Gasteiger partial charge in [-0.05, 0) is 318 Å². The molecule has 6 nitrogen and oxygen atoms in total. The monoisotopic (exact) mass is 983 g/mol. The largest absolute Gasteiger partial charge is 0.501 e. The van der Waals surface area contributed by atoms with Crippen molar-refractivity contribution >= 4 is 306 Å². The maximum Gasteiger partial charge on any atom is 0.501 e. The number of hydrogen-bond acceptors (Lipinski definition) is 5. The third-order valence-electron chi connectivity index (χ3n) is 26.0. The van der Waals surface area contributed by atoms with Gasteiger partial charge in [0.15, 0.2) is 0 Å². The molecule has 1 saturated heterocycles. The van der Waals surface area contributed by atoms with E-state index in [0.29, 0.717) is 32.3 Å². The molecule has 0 bridgehead atoms. The Morgan fingerprint density at radius 1 is 0.299 bits per heavy atom. The van der Waals surface area contributed by atoms with Gasteiger partial charge in [-0.25, -0.2) is 4.79 Å². The number of rotatable bonds is 10. The molecular weight excluding hydrogens is 963 g/mol. The lowest BCUT2D eigenvalue weighted by atomic mass is 9.68. The van der Waals surface area contributed by atoms with E-state index in [9.17, 15) is 0 Å². The number of hydrogen-bond donors (Lipinski definition) is 0. The SMILES string of the molecule is CCO[Si](CCCOC(=O)N1C23c4c5c6c7c8c9c(c%10c%11c2c2c4c4c%12c5c5c6c6c8c8c%13c9c9c%10c%10c%11c%11c2c2c4c4c%12c%12c5c5c6c8c6c8c%13c9c9c%10c%10c%11c2c2c4c4c%12c5c6c5c8c9c%10c2c45)C713)(OCC)OCC. The van der Waals surface area contributed by atoms with Crippen molar-refractivity contribution in [3.8, 4) is 0 Å². The Balaban J connectivity index is 0.943. The van der Waals surface area contributed by atoms with Crippen molar-refractivity contribution in [1.82, 2.24) is 4.90 Å². The highest BCUT2D eigenvalue weighted by Gasteiger charge is 2.88. The third-order valence-corrected chi connectivity index (χ3v) is 29.1. The minimum absolute atomic E-state index is 0.170. The van der Waals surface area contributed by atoms with Gasteiger partial charge in [0.2, 0.25) is 0 Å². The lowest BCUT2D eigenvalue weighted by molar-refractivity contribution is 0.0673. The Bertz CT molecular complexity index is 6800. The lowest BCUT2D eigenvalue weighted by Crippen LogP contribution is -2.46. The molecule has 0 aromatic heterocycles. The first kappa shape index (κ1) is 31.8. The summed E-state index contributed by atoms with van der Waals surface area (Å²) in [6.45, 7) is 7.92. The van der Waals surface area contributed by atoms with Crippen molar-refractivity contribution in [2.45, 2.75) is 44.3 Å². The van der Waals surface area contributed by atoms with E-state index in [4.69, 9.17) is 18.0 Å². The number of carbonyl (C=O) groups is 1. The zero-order valence-corrected chi connectivity index (χ0v) is 41.7. The van der Waals surface area contributed by atoms with Gasteiger partial charge in [-0.1, -0.05) is 0 Å². The van der Waals surface area contributed by atoms with Crippen LogP contribution in [0.25, 0.3) is 291 Å². The molecule has 340 valence electrons. The Hall–Kier alpha value is -8.17. The van der Waals surface area contributed by atoms with Crippen molar-refractivity contribution in [3.05, 3.63) is 22.3 Å². The summed E-state index contributed by atoms with van der Waals surface area (Å²) < 4.78 is 26.1. The van der Waals surface area contributed by atoms with Crippen molar-refractivity contribution in [2.75, 3.05) is 26.4 Å². The van der Waals surface area contributed by atoms with Gasteiger partial charge in [0.25, 0.3) is 0 Å². The van der Waals surface area contributed by atoms with Crippen molar-refractivity contribution in [3.63, 3.8) is 0 Å². The van der Waals surface area contributed by atoms with Crippen molar-refractivity contribution in [1.29, 1.82) is 0 Å². The second-order valence-corrected chi connectivity index (χ2v) is 29.4. The summed E-state index contributed by atoms with van der Waals surface area (Å²) in [6, 6.07) is 0.605. The summed E-state index contributed by atoms with van der Waals surface area (Å²) in [6.07, 6.45) is 0.444. The highest BCUT2D eigenvalue weighted by molar-refractivity contribution is 6.82. The second kappa shape index (κ2) is 7.59. The molecule has 1 aliphatic heterocycles. The van der Waals surface area contributed by atoms with E-state index >= 15 is 4.79 Å². The minimum atomic E-state index is -2.97. The molecule has 0 N–H and O–H groups in total. The van der Waals surface area contributed by atoms with Crippen LogP contribution in [0.4, 0.5) is 4.79 Å². The number of carbonyl (C=O) groups excluding carboxylic acids is 1. The van der Waals surface area contributed by atoms with E-state index in [1.165, 1.54) is 108 Å². The molecule has 1 heterocycles. The Morgan fingerprint density at radius 2 is 0.468 bits per heavy atom. The maximum atomic E-state index is 16.6. The fourth-order valence-electron chi connectivity index (χ4n) is 25.8. The Kier molecular flexibility index (Phi) is 3.13. The van der Waals surface area contributed by atoms with E-state index in [-0.39, 0.29) is 12.7 Å². The molecule has 77 heavy (non-hydrogen) atoms. The molecule has 2 spiro atoms. The first-order valence-electron chi connectivity index (χ1n) is 28.8. The molecular formula is C70H21NO5Si. The maximum absolute atomic E-state index is 16.6. The molecule has 1 fully saturated rings. The topological polar surface area (TPSA) is 57.0 Å². The second-order valence-electron chi connectivity index (χ2n) is 26.7. The van der Waals surface area contributed by atoms with Crippen LogP contribution in [0.3, 0.4) is 0 Å². The molecule has 0 atom stereocenters. The van der Waals surface area contributed by atoms with Crippen LogP contribution < -0.4 is 0 Å². The molecule has 33 rings (SSSR count). The van der Waals surface area contributed by atoms with Crippen LogP contribution in [-0.4, -0.2) is 46.2 Å². The summed E-state index contributed by atoms with van der Waals surface area (Å²) in [5, 5.41) is 84.1. The molecule has 1 amide bonds. The molecule has 7 heteroatoms. The van der Waals surface area contributed by atoms with Crippen LogP contribution in [0.15, 0.2) is 0 Å². The molecule has 0 radical (unpaired) electrons. The smallest absolute Gasteiger partial charge is 0.449 e. The van der Waals surface area contributed by atoms with Gasteiger partial charge in [0.05, 0.1) is 6.61 Å². The summed E-state index contributed by atoms with van der Waals surface area (Å²) in [4.78, 5) is 19.1. The quantitative estimate of drug-likeness (QED) is 0.0591. The van der Waals surface area contributed by atoms with E-state index in [1.807, 2.05) is 20.8 Å². The van der Waals surface area contributed by atoms with Gasteiger partial charge >= 0.3 is 14.9 Å². The zero-order valence-electron chi connectivity index (χ0n) is 40.7. The first-order valence-corrected chi connectivity index (χ1v) is 30.8. The third kappa shape index (κ3) is 1.85. The minimum Gasteiger partial charge on any atom is -0.449 e. The van der Waals surface area contributed by atoms with Crippen LogP contribution in [0.2, 0.25) is 6.04 Å². The predicted molar refractivity (Wildman–Crippen MR) is 317 cm³/mol. The zero-order chi connectivity index (χ0) is 47.2. The molecule has 4 aliphatic carbocycles. The van der Waals surface area contributed by atoms with Crippen molar-refractivity contribution in [2.24, 2.45) is 0 Å². The van der Waals surface area contributed by atoms with E-state index in [0.717, 1.165) is 0 Å². The van der Waals surface area contributed by atoms with E-state index in [2.05, 4.69) is 4.90 Å². The fourth-order valence-corrected chi connectivity index (χ4v) is 28.3. The Labute approximate surface area is 424 Å².